The number of nitrogens with one attached hydrogen (secondary N) is 2. The molecule has 7 heteroatoms. The van der Waals surface area contributed by atoms with Crippen molar-refractivity contribution in [2.24, 2.45) is 5.92 Å². The van der Waals surface area contributed by atoms with Gasteiger partial charge in [-0.1, -0.05) is 53.5 Å². The summed E-state index contributed by atoms with van der Waals surface area (Å²) in [4.78, 5) is 11.9. The van der Waals surface area contributed by atoms with Gasteiger partial charge < -0.3 is 20.1 Å². The fourth-order valence-electron chi connectivity index (χ4n) is 3.00. The average molecular weight is 518 g/mol. The van der Waals surface area contributed by atoms with E-state index in [2.05, 4.69) is 26.6 Å². The van der Waals surface area contributed by atoms with Gasteiger partial charge in [0.2, 0.25) is 5.91 Å². The van der Waals surface area contributed by atoms with E-state index in [9.17, 15) is 4.79 Å². The minimum Gasteiger partial charge on any atom is -0.493 e. The van der Waals surface area contributed by atoms with Crippen LogP contribution in [0.3, 0.4) is 0 Å². The zero-order chi connectivity index (χ0) is 23.1. The molecule has 5 nitrogen and oxygen atoms in total. The maximum absolute atomic E-state index is 11.9. The first kappa shape index (κ1) is 24.0. The lowest BCUT2D eigenvalue weighted by Gasteiger charge is -2.18. The largest absolute Gasteiger partial charge is 0.493 e. The molecule has 0 atom stereocenters. The van der Waals surface area contributed by atoms with Crippen LogP contribution in [0.4, 0.5) is 11.4 Å². The molecule has 0 aliphatic carbocycles. The Hall–Kier alpha value is -2.70. The second-order valence-electron chi connectivity index (χ2n) is 7.55. The Labute approximate surface area is 202 Å². The van der Waals surface area contributed by atoms with Crippen LogP contribution in [0.5, 0.6) is 11.5 Å². The van der Waals surface area contributed by atoms with E-state index in [-0.39, 0.29) is 11.8 Å². The molecule has 0 aliphatic heterocycles. The van der Waals surface area contributed by atoms with Gasteiger partial charge in [0, 0.05) is 38.9 Å². The quantitative estimate of drug-likeness (QED) is 0.324. The number of methoxy groups -OCH3 is 1. The summed E-state index contributed by atoms with van der Waals surface area (Å²) in [5.41, 5.74) is 3.59. The van der Waals surface area contributed by atoms with Crippen LogP contribution in [0.1, 0.15) is 25.0 Å². The fraction of sp³-hybridized carbons (Fsp3) is 0.240. The van der Waals surface area contributed by atoms with E-state index in [1.165, 1.54) is 0 Å². The van der Waals surface area contributed by atoms with E-state index >= 15 is 0 Å². The van der Waals surface area contributed by atoms with Gasteiger partial charge >= 0.3 is 0 Å². The highest BCUT2D eigenvalue weighted by molar-refractivity contribution is 9.10. The predicted octanol–water partition coefficient (Wildman–Crippen LogP) is 6.90. The third-order valence-corrected chi connectivity index (χ3v) is 5.78. The summed E-state index contributed by atoms with van der Waals surface area (Å²) in [6.45, 7) is 4.61. The zero-order valence-electron chi connectivity index (χ0n) is 18.2. The highest BCUT2D eigenvalue weighted by Gasteiger charge is 2.15. The molecule has 1 amide bonds. The van der Waals surface area contributed by atoms with E-state index in [1.54, 1.807) is 7.11 Å². The van der Waals surface area contributed by atoms with Crippen molar-refractivity contribution in [2.75, 3.05) is 17.7 Å². The van der Waals surface area contributed by atoms with Crippen LogP contribution < -0.4 is 20.1 Å². The van der Waals surface area contributed by atoms with Gasteiger partial charge in [0.25, 0.3) is 0 Å². The second-order valence-corrected chi connectivity index (χ2v) is 8.84. The molecule has 0 aliphatic rings. The van der Waals surface area contributed by atoms with Gasteiger partial charge in [-0.25, -0.2) is 0 Å². The first-order chi connectivity index (χ1) is 15.4. The minimum absolute atomic E-state index is 0.00693. The summed E-state index contributed by atoms with van der Waals surface area (Å²) in [6, 6.07) is 19.0. The van der Waals surface area contributed by atoms with E-state index in [0.717, 1.165) is 27.0 Å². The van der Waals surface area contributed by atoms with Crippen LogP contribution in [0.15, 0.2) is 65.1 Å². The average Bonchev–Trinajstić information content (AvgIpc) is 2.78. The van der Waals surface area contributed by atoms with E-state index in [0.29, 0.717) is 29.7 Å². The van der Waals surface area contributed by atoms with E-state index in [1.807, 2.05) is 74.5 Å². The van der Waals surface area contributed by atoms with Crippen LogP contribution in [-0.2, 0) is 17.9 Å². The Bertz CT molecular complexity index is 1070. The minimum atomic E-state index is -0.0662. The Morgan fingerprint density at radius 1 is 1.06 bits per heavy atom. The number of carbonyl (C=O) groups excluding carboxylic acids is 1. The Morgan fingerprint density at radius 3 is 2.44 bits per heavy atom. The SMILES string of the molecule is COc1ccc(Br)c(CNc2ccc(NC(=O)C(C)C)cc2)c1OCc1cccc(Cl)c1. The van der Waals surface area contributed by atoms with E-state index < -0.39 is 0 Å². The molecule has 3 rings (SSSR count). The Kier molecular flexibility index (Phi) is 8.42. The highest BCUT2D eigenvalue weighted by Crippen LogP contribution is 2.37. The maximum Gasteiger partial charge on any atom is 0.226 e. The van der Waals surface area contributed by atoms with Crippen molar-refractivity contribution in [3.63, 3.8) is 0 Å². The molecule has 0 spiro atoms. The lowest BCUT2D eigenvalue weighted by atomic mass is 10.1. The zero-order valence-corrected chi connectivity index (χ0v) is 20.6. The number of rotatable bonds is 9. The van der Waals surface area contributed by atoms with Gasteiger partial charge in [-0.15, -0.1) is 0 Å². The highest BCUT2D eigenvalue weighted by atomic mass is 79.9. The molecule has 2 N–H and O–H groups in total. The number of carbonyl (C=O) groups is 1. The number of amides is 1. The number of hydrogen-bond donors (Lipinski definition) is 2. The third-order valence-electron chi connectivity index (χ3n) is 4.81. The van der Waals surface area contributed by atoms with Crippen LogP contribution in [0.2, 0.25) is 5.02 Å². The number of anilines is 2. The number of halogens is 2. The normalized spacial score (nSPS) is 10.7. The standard InChI is InChI=1S/C25H26BrClN2O3/c1-16(2)25(30)29-20-9-7-19(8-10-20)28-14-21-22(26)11-12-23(31-3)24(21)32-15-17-5-4-6-18(27)13-17/h4-13,16,28H,14-15H2,1-3H3,(H,29,30). The lowest BCUT2D eigenvalue weighted by molar-refractivity contribution is -0.118. The summed E-state index contributed by atoms with van der Waals surface area (Å²) < 4.78 is 12.6. The van der Waals surface area contributed by atoms with Gasteiger partial charge in [-0.3, -0.25) is 4.79 Å². The first-order valence-electron chi connectivity index (χ1n) is 10.2. The molecular formula is C25H26BrClN2O3. The van der Waals surface area contributed by atoms with Crippen LogP contribution in [-0.4, -0.2) is 13.0 Å². The van der Waals surface area contributed by atoms with Crippen LogP contribution in [0.25, 0.3) is 0 Å². The van der Waals surface area contributed by atoms with Crippen LogP contribution in [0, 0.1) is 5.92 Å². The van der Waals surface area contributed by atoms with Crippen molar-refractivity contribution in [2.45, 2.75) is 27.0 Å². The van der Waals surface area contributed by atoms with Gasteiger partial charge in [0.1, 0.15) is 6.61 Å². The molecule has 168 valence electrons. The molecule has 0 fully saturated rings. The number of hydrogen-bond acceptors (Lipinski definition) is 4. The van der Waals surface area contributed by atoms with Crippen molar-refractivity contribution in [1.82, 2.24) is 0 Å². The van der Waals surface area contributed by atoms with Gasteiger partial charge in [-0.05, 0) is 54.1 Å². The molecule has 0 saturated carbocycles. The second kappa shape index (κ2) is 11.2. The molecule has 0 bridgehead atoms. The number of benzene rings is 3. The molecule has 0 saturated heterocycles. The van der Waals surface area contributed by atoms with Crippen LogP contribution >= 0.6 is 27.5 Å². The maximum atomic E-state index is 11.9. The Morgan fingerprint density at radius 2 is 1.78 bits per heavy atom. The molecule has 32 heavy (non-hydrogen) atoms. The molecule has 0 radical (unpaired) electrons. The van der Waals surface area contributed by atoms with Crippen molar-refractivity contribution < 1.29 is 14.3 Å². The topological polar surface area (TPSA) is 59.6 Å². The summed E-state index contributed by atoms with van der Waals surface area (Å²) in [6.07, 6.45) is 0. The third kappa shape index (κ3) is 6.40. The summed E-state index contributed by atoms with van der Waals surface area (Å²) >= 11 is 9.72. The van der Waals surface area contributed by atoms with Crippen molar-refractivity contribution >= 4 is 44.8 Å². The molecular weight excluding hydrogens is 492 g/mol. The van der Waals surface area contributed by atoms with Gasteiger partial charge in [0.15, 0.2) is 11.5 Å². The predicted molar refractivity (Wildman–Crippen MR) is 134 cm³/mol. The monoisotopic (exact) mass is 516 g/mol. The van der Waals surface area contributed by atoms with Crippen molar-refractivity contribution in [1.29, 1.82) is 0 Å². The molecule has 0 unspecified atom stereocenters. The number of ether oxygens (including phenoxy) is 2. The molecule has 0 heterocycles. The molecule has 0 aromatic heterocycles. The summed E-state index contributed by atoms with van der Waals surface area (Å²) in [5, 5.41) is 6.97. The van der Waals surface area contributed by atoms with Gasteiger partial charge in [0.05, 0.1) is 7.11 Å². The fourth-order valence-corrected chi connectivity index (χ4v) is 3.66. The first-order valence-corrected chi connectivity index (χ1v) is 11.4. The van der Waals surface area contributed by atoms with Crippen molar-refractivity contribution in [3.05, 3.63) is 81.3 Å². The van der Waals surface area contributed by atoms with E-state index in [4.69, 9.17) is 21.1 Å². The Balaban J connectivity index is 1.73. The van der Waals surface area contributed by atoms with Gasteiger partial charge in [-0.2, -0.15) is 0 Å². The smallest absolute Gasteiger partial charge is 0.226 e. The van der Waals surface area contributed by atoms with Crippen molar-refractivity contribution in [3.8, 4) is 11.5 Å². The summed E-state index contributed by atoms with van der Waals surface area (Å²) in [7, 11) is 1.62. The molecule has 3 aromatic carbocycles. The summed E-state index contributed by atoms with van der Waals surface area (Å²) in [5.74, 6) is 1.24. The lowest BCUT2D eigenvalue weighted by Crippen LogP contribution is -2.17. The molecule has 3 aromatic rings.